The van der Waals surface area contributed by atoms with Crippen LogP contribution in [0.15, 0.2) is 48.0 Å². The van der Waals surface area contributed by atoms with Crippen LogP contribution in [-0.2, 0) is 16.8 Å². The summed E-state index contributed by atoms with van der Waals surface area (Å²) in [5, 5.41) is 3.31. The van der Waals surface area contributed by atoms with E-state index in [0.717, 1.165) is 12.5 Å². The molecule has 3 aromatic rings. The third kappa shape index (κ3) is 6.46. The molecule has 1 N–H and O–H groups in total. The second-order valence-electron chi connectivity index (χ2n) is 11.0. The van der Waals surface area contributed by atoms with E-state index in [1.54, 1.807) is 21.9 Å². The summed E-state index contributed by atoms with van der Waals surface area (Å²) in [4.78, 5) is 47.0. The molecule has 2 aromatic heterocycles. The highest BCUT2D eigenvalue weighted by Gasteiger charge is 2.43. The van der Waals surface area contributed by atoms with Gasteiger partial charge in [-0.3, -0.25) is 14.4 Å². The van der Waals surface area contributed by atoms with Gasteiger partial charge in [-0.1, -0.05) is 25.5 Å². The van der Waals surface area contributed by atoms with E-state index in [4.69, 9.17) is 4.74 Å². The van der Waals surface area contributed by atoms with Crippen molar-refractivity contribution in [1.29, 1.82) is 0 Å². The number of ether oxygens (including phenoxy) is 1. The molecule has 0 radical (unpaired) electrons. The van der Waals surface area contributed by atoms with E-state index >= 15 is 0 Å². The standard InChI is InChI=1S/C31H36F2N4O4S/c1-6-8-12-41-28-26-30(40)36(19(3)4)18-31(5,17-35-25(38)9-7-2)37(26)16-23(27(28)39)29-34-15-22(42-29)13-20-10-11-21(32)14-24(20)33/h7,10-11,14-16,19H,2,6,8-9,12-13,17-18H2,1,3-5H3,(H,35,38). The first-order valence-electron chi connectivity index (χ1n) is 14.0. The number of pyridine rings is 1. The van der Waals surface area contributed by atoms with Crippen LogP contribution in [-0.4, -0.2) is 52.0 Å². The number of hydrogen-bond acceptors (Lipinski definition) is 6. The van der Waals surface area contributed by atoms with Gasteiger partial charge in [0.1, 0.15) is 16.6 Å². The summed E-state index contributed by atoms with van der Waals surface area (Å²) < 4.78 is 35.5. The minimum Gasteiger partial charge on any atom is -0.487 e. The molecule has 1 aromatic carbocycles. The molecule has 1 aliphatic rings. The van der Waals surface area contributed by atoms with Gasteiger partial charge in [0.05, 0.1) is 17.7 Å². The summed E-state index contributed by atoms with van der Waals surface area (Å²) >= 11 is 1.21. The molecule has 11 heteroatoms. The van der Waals surface area contributed by atoms with Crippen LogP contribution in [0.4, 0.5) is 8.78 Å². The van der Waals surface area contributed by atoms with E-state index in [1.165, 1.54) is 29.5 Å². The number of halogens is 2. The van der Waals surface area contributed by atoms with Crippen LogP contribution in [0.25, 0.3) is 10.6 Å². The fraction of sp³-hybridized carbons (Fsp3) is 0.419. The van der Waals surface area contributed by atoms with Gasteiger partial charge in [0.25, 0.3) is 5.91 Å². The SMILES string of the molecule is C=CCC(=O)NCC1(C)CN(C(C)C)C(=O)c2c(OCCCC)c(=O)c(-c3ncc(Cc4ccc(F)cc4F)s3)cn21. The molecule has 0 bridgehead atoms. The summed E-state index contributed by atoms with van der Waals surface area (Å²) in [5.74, 6) is -1.91. The van der Waals surface area contributed by atoms with Crippen LogP contribution in [0.1, 0.15) is 67.9 Å². The Balaban J connectivity index is 1.84. The first-order chi connectivity index (χ1) is 20.0. The quantitative estimate of drug-likeness (QED) is 0.226. The fourth-order valence-corrected chi connectivity index (χ4v) is 5.83. The zero-order valence-corrected chi connectivity index (χ0v) is 25.2. The van der Waals surface area contributed by atoms with Crippen molar-refractivity contribution in [3.05, 3.63) is 81.2 Å². The molecule has 4 rings (SSSR count). The first kappa shape index (κ1) is 31.1. The van der Waals surface area contributed by atoms with Gasteiger partial charge in [-0.15, -0.1) is 17.9 Å². The second kappa shape index (κ2) is 13.0. The van der Waals surface area contributed by atoms with Crippen LogP contribution < -0.4 is 15.5 Å². The number of carbonyl (C=O) groups is 2. The number of aromatic nitrogens is 2. The topological polar surface area (TPSA) is 93.5 Å². The molecule has 8 nitrogen and oxygen atoms in total. The molecule has 0 fully saturated rings. The van der Waals surface area contributed by atoms with Crippen LogP contribution in [0.2, 0.25) is 0 Å². The number of hydrogen-bond donors (Lipinski definition) is 1. The van der Waals surface area contributed by atoms with Gasteiger partial charge in [0.2, 0.25) is 11.3 Å². The second-order valence-corrected chi connectivity index (χ2v) is 12.1. The molecule has 42 heavy (non-hydrogen) atoms. The van der Waals surface area contributed by atoms with Gasteiger partial charge in [-0.2, -0.15) is 0 Å². The Hall–Kier alpha value is -3.86. The molecule has 0 aliphatic carbocycles. The molecule has 1 atom stereocenters. The van der Waals surface area contributed by atoms with Crippen LogP contribution in [0, 0.1) is 11.6 Å². The maximum atomic E-state index is 14.3. The smallest absolute Gasteiger partial charge is 0.274 e. The molecule has 1 aliphatic heterocycles. The number of rotatable bonds is 12. The minimum absolute atomic E-state index is 0.0544. The number of fused-ring (bicyclic) bond motifs is 1. The number of thiazole rings is 1. The molecule has 0 saturated carbocycles. The molecule has 224 valence electrons. The summed E-state index contributed by atoms with van der Waals surface area (Å²) in [7, 11) is 0. The number of benzene rings is 1. The predicted octanol–water partition coefficient (Wildman–Crippen LogP) is 5.29. The summed E-state index contributed by atoms with van der Waals surface area (Å²) in [6.45, 7) is 12.1. The Kier molecular flexibility index (Phi) is 9.60. The monoisotopic (exact) mass is 598 g/mol. The van der Waals surface area contributed by atoms with Crippen molar-refractivity contribution < 1.29 is 23.1 Å². The lowest BCUT2D eigenvalue weighted by molar-refractivity contribution is -0.120. The van der Waals surface area contributed by atoms with E-state index in [1.807, 2.05) is 27.7 Å². The zero-order chi connectivity index (χ0) is 30.6. The molecule has 3 heterocycles. The van der Waals surface area contributed by atoms with Gasteiger partial charge < -0.3 is 19.5 Å². The third-order valence-corrected chi connectivity index (χ3v) is 8.28. The van der Waals surface area contributed by atoms with Crippen LogP contribution in [0.5, 0.6) is 5.75 Å². The van der Waals surface area contributed by atoms with Crippen molar-refractivity contribution in [2.45, 2.75) is 65.0 Å². The highest BCUT2D eigenvalue weighted by atomic mass is 32.1. The van der Waals surface area contributed by atoms with Crippen LogP contribution in [0.3, 0.4) is 0 Å². The maximum absolute atomic E-state index is 14.3. The first-order valence-corrected chi connectivity index (χ1v) is 14.8. The van der Waals surface area contributed by atoms with E-state index in [0.29, 0.717) is 21.9 Å². The molecular formula is C31H36F2N4O4S. The highest BCUT2D eigenvalue weighted by Crippen LogP contribution is 2.35. The van der Waals surface area contributed by atoms with E-state index < -0.39 is 22.6 Å². The Bertz CT molecular complexity index is 1550. The van der Waals surface area contributed by atoms with Crippen molar-refractivity contribution in [1.82, 2.24) is 19.8 Å². The predicted molar refractivity (Wildman–Crippen MR) is 159 cm³/mol. The van der Waals surface area contributed by atoms with Crippen molar-refractivity contribution in [3.8, 4) is 16.3 Å². The average molecular weight is 599 g/mol. The third-order valence-electron chi connectivity index (χ3n) is 7.25. The number of unbranched alkanes of at least 4 members (excludes halogenated alkanes) is 1. The summed E-state index contributed by atoms with van der Waals surface area (Å²) in [6, 6.07) is 3.25. The molecule has 1 unspecified atom stereocenters. The van der Waals surface area contributed by atoms with Crippen molar-refractivity contribution in [2.24, 2.45) is 0 Å². The van der Waals surface area contributed by atoms with Crippen molar-refractivity contribution in [2.75, 3.05) is 19.7 Å². The largest absolute Gasteiger partial charge is 0.487 e. The van der Waals surface area contributed by atoms with Crippen molar-refractivity contribution >= 4 is 23.2 Å². The van der Waals surface area contributed by atoms with E-state index in [-0.39, 0.29) is 67.4 Å². The maximum Gasteiger partial charge on any atom is 0.274 e. The molecule has 0 saturated heterocycles. The number of amides is 2. The number of nitrogens with zero attached hydrogens (tertiary/aromatic N) is 3. The van der Waals surface area contributed by atoms with E-state index in [2.05, 4.69) is 16.9 Å². The highest BCUT2D eigenvalue weighted by molar-refractivity contribution is 7.15. The minimum atomic E-state index is -0.826. The summed E-state index contributed by atoms with van der Waals surface area (Å²) in [5.41, 5.74) is -0.628. The van der Waals surface area contributed by atoms with Gasteiger partial charge in [-0.05, 0) is 38.8 Å². The van der Waals surface area contributed by atoms with Gasteiger partial charge in [0, 0.05) is 55.3 Å². The lowest BCUT2D eigenvalue weighted by Crippen LogP contribution is -2.59. The molecule has 2 amide bonds. The zero-order valence-electron chi connectivity index (χ0n) is 24.3. The van der Waals surface area contributed by atoms with Crippen molar-refractivity contribution in [3.63, 3.8) is 0 Å². The van der Waals surface area contributed by atoms with Gasteiger partial charge >= 0.3 is 0 Å². The van der Waals surface area contributed by atoms with E-state index in [9.17, 15) is 23.2 Å². The van der Waals surface area contributed by atoms with Gasteiger partial charge in [-0.25, -0.2) is 13.8 Å². The fourth-order valence-electron chi connectivity index (χ4n) is 4.89. The summed E-state index contributed by atoms with van der Waals surface area (Å²) in [6.07, 6.45) is 6.52. The Morgan fingerprint density at radius 3 is 2.74 bits per heavy atom. The average Bonchev–Trinajstić information content (AvgIpc) is 3.40. The lowest BCUT2D eigenvalue weighted by Gasteiger charge is -2.45. The number of nitrogens with one attached hydrogen (secondary N) is 1. The van der Waals surface area contributed by atoms with Crippen LogP contribution >= 0.6 is 11.3 Å². The molecule has 0 spiro atoms. The lowest BCUT2D eigenvalue weighted by atomic mass is 9.94. The van der Waals surface area contributed by atoms with Gasteiger partial charge in [0.15, 0.2) is 11.4 Å². The Morgan fingerprint density at radius 1 is 1.31 bits per heavy atom. The molecular weight excluding hydrogens is 562 g/mol. The normalized spacial score (nSPS) is 16.5. The number of carbonyl (C=O) groups excluding carboxylic acids is 2. The Labute approximate surface area is 248 Å². The Morgan fingerprint density at radius 2 is 2.07 bits per heavy atom.